The molecule has 0 bridgehead atoms. The van der Waals surface area contributed by atoms with Gasteiger partial charge >= 0.3 is 0 Å². The van der Waals surface area contributed by atoms with Crippen molar-refractivity contribution in [2.45, 2.75) is 88.0 Å². The van der Waals surface area contributed by atoms with Crippen molar-refractivity contribution in [1.82, 2.24) is 35.2 Å². The lowest BCUT2D eigenvalue weighted by atomic mass is 9.81. The average Bonchev–Trinajstić information content (AvgIpc) is 3.38. The number of rotatable bonds is 10. The number of hydrogen-bond donors (Lipinski definition) is 2. The van der Waals surface area contributed by atoms with Gasteiger partial charge in [-0.2, -0.15) is 5.12 Å². The molecule has 9 nitrogen and oxygen atoms in total. The molecule has 2 heterocycles. The molecule has 2 aliphatic rings. The Morgan fingerprint density at radius 3 is 2.40 bits per heavy atom. The van der Waals surface area contributed by atoms with E-state index in [1.807, 2.05) is 32.2 Å². The number of carbonyl (C=O) groups excluding carboxylic acids is 2. The number of fused-ring (bicyclic) bond motifs is 5. The predicted molar refractivity (Wildman–Crippen MR) is 200 cm³/mol. The van der Waals surface area contributed by atoms with Crippen molar-refractivity contribution < 1.29 is 9.59 Å². The molecule has 1 saturated carbocycles. The number of aldehydes is 1. The van der Waals surface area contributed by atoms with Gasteiger partial charge in [-0.3, -0.25) is 20.4 Å². The monoisotopic (exact) mass is 675 g/mol. The number of benzene rings is 2. The Kier molecular flexibility index (Phi) is 11.4. The number of aromatic nitrogens is 1. The second-order valence-corrected chi connectivity index (χ2v) is 16.7. The number of aryl methyl sites for hydroxylation is 1. The summed E-state index contributed by atoms with van der Waals surface area (Å²) in [6.07, 6.45) is 8.12. The minimum Gasteiger partial charge on any atom is -0.337 e. The molecular weight excluding hydrogens is 619 g/mol. The number of likely N-dealkylation sites (N-methyl/N-ethyl adjacent to an activating group) is 2. The molecule has 10 heteroatoms. The van der Waals surface area contributed by atoms with Crippen molar-refractivity contribution in [1.29, 1.82) is 0 Å². The van der Waals surface area contributed by atoms with E-state index >= 15 is 0 Å². The Bertz CT molecular complexity index is 1610. The Labute approximate surface area is 292 Å². The van der Waals surface area contributed by atoms with Crippen LogP contribution < -0.4 is 10.7 Å². The van der Waals surface area contributed by atoms with Gasteiger partial charge in [0, 0.05) is 62.8 Å². The van der Waals surface area contributed by atoms with E-state index in [2.05, 4.69) is 97.4 Å². The van der Waals surface area contributed by atoms with E-state index in [0.717, 1.165) is 44.2 Å². The lowest BCUT2D eigenvalue weighted by molar-refractivity contribution is -0.114. The van der Waals surface area contributed by atoms with E-state index < -0.39 is 9.74 Å². The molecule has 1 unspecified atom stereocenters. The fourth-order valence-corrected chi connectivity index (χ4v) is 8.78. The molecule has 1 atom stereocenters. The summed E-state index contributed by atoms with van der Waals surface area (Å²) in [5.41, 5.74) is 11.0. The van der Waals surface area contributed by atoms with E-state index in [0.29, 0.717) is 24.6 Å². The molecule has 0 saturated heterocycles. The van der Waals surface area contributed by atoms with Gasteiger partial charge in [0.15, 0.2) is 6.29 Å². The van der Waals surface area contributed by atoms with E-state index in [1.165, 1.54) is 52.6 Å². The normalized spacial score (nSPS) is 20.4. The van der Waals surface area contributed by atoms with Crippen LogP contribution >= 0.6 is 11.8 Å². The van der Waals surface area contributed by atoms with Crippen molar-refractivity contribution in [3.05, 3.63) is 58.7 Å². The minimum atomic E-state index is -0.874. The molecule has 0 spiro atoms. The summed E-state index contributed by atoms with van der Waals surface area (Å²) in [5, 5.41) is 8.55. The fourth-order valence-electron chi connectivity index (χ4n) is 7.27. The lowest BCUT2D eigenvalue weighted by Crippen LogP contribution is -2.54. The Hall–Kier alpha value is -2.73. The first-order valence-electron chi connectivity index (χ1n) is 17.6. The first-order chi connectivity index (χ1) is 22.8. The van der Waals surface area contributed by atoms with Crippen LogP contribution in [0, 0.1) is 0 Å². The highest BCUT2D eigenvalue weighted by Crippen LogP contribution is 2.48. The number of nitrogens with one attached hydrogen (secondary N) is 2. The number of nitrogens with zero attached hydrogens (tertiary/aromatic N) is 5. The first-order valence-corrected chi connectivity index (χ1v) is 18.4. The first kappa shape index (κ1) is 36.5. The largest absolute Gasteiger partial charge is 0.337 e. The van der Waals surface area contributed by atoms with E-state index in [4.69, 9.17) is 0 Å². The van der Waals surface area contributed by atoms with Gasteiger partial charge in [0.2, 0.25) is 0 Å². The fraction of sp³-hybridized carbons (Fsp3) is 0.579. The van der Waals surface area contributed by atoms with Gasteiger partial charge in [0.05, 0.1) is 17.1 Å². The highest BCUT2D eigenvalue weighted by atomic mass is 32.2. The van der Waals surface area contributed by atoms with Crippen molar-refractivity contribution in [3.8, 4) is 11.3 Å². The third kappa shape index (κ3) is 7.69. The zero-order valence-electron chi connectivity index (χ0n) is 30.7. The highest BCUT2D eigenvalue weighted by molar-refractivity contribution is 8.02. The van der Waals surface area contributed by atoms with E-state index in [-0.39, 0.29) is 5.91 Å². The molecule has 1 amide bonds. The maximum atomic E-state index is 13.7. The van der Waals surface area contributed by atoms with Gasteiger partial charge < -0.3 is 14.3 Å². The number of hydrogen-bond acceptors (Lipinski definition) is 8. The van der Waals surface area contributed by atoms with Crippen LogP contribution in [-0.4, -0.2) is 102 Å². The molecule has 3 aromatic rings. The predicted octanol–water partition coefficient (Wildman–Crippen LogP) is 5.93. The van der Waals surface area contributed by atoms with Crippen LogP contribution in [0.5, 0.6) is 0 Å². The molecule has 1 aromatic heterocycles. The van der Waals surface area contributed by atoms with Crippen LogP contribution in [0.25, 0.3) is 22.2 Å². The molecule has 48 heavy (non-hydrogen) atoms. The van der Waals surface area contributed by atoms with Crippen LogP contribution in [0.1, 0.15) is 85.8 Å². The Morgan fingerprint density at radius 1 is 1.02 bits per heavy atom. The summed E-state index contributed by atoms with van der Waals surface area (Å²) in [7, 11) is 11.8. The highest BCUT2D eigenvalue weighted by Gasteiger charge is 2.43. The summed E-state index contributed by atoms with van der Waals surface area (Å²) in [6.45, 7) is 9.29. The Morgan fingerprint density at radius 2 is 1.75 bits per heavy atom. The molecule has 262 valence electrons. The van der Waals surface area contributed by atoms with Crippen molar-refractivity contribution in [2.75, 3.05) is 55.4 Å². The summed E-state index contributed by atoms with van der Waals surface area (Å²) >= 11 is 1.69. The van der Waals surface area contributed by atoms with Gasteiger partial charge in [-0.1, -0.05) is 50.5 Å². The van der Waals surface area contributed by atoms with Crippen molar-refractivity contribution in [3.63, 3.8) is 0 Å². The van der Waals surface area contributed by atoms with Crippen LogP contribution in [0.2, 0.25) is 0 Å². The van der Waals surface area contributed by atoms with Gasteiger partial charge in [-0.25, -0.2) is 5.01 Å². The van der Waals surface area contributed by atoms with E-state index in [9.17, 15) is 9.59 Å². The molecule has 1 aliphatic carbocycles. The SMILES string of the molecule is CCc1ccc2c(c1)CNC(C)(C)SC(C=O)(N(C)CCN(C)C)Cn1c-2c(C2CCCCC2)c2ccc(C(=O)NN(C)N(C)C)cc21. The summed E-state index contributed by atoms with van der Waals surface area (Å²) < 4.78 is 2.41. The van der Waals surface area contributed by atoms with E-state index in [1.54, 1.807) is 16.9 Å². The topological polar surface area (TPSA) is 76.1 Å². The smallest absolute Gasteiger partial charge is 0.266 e. The molecule has 0 radical (unpaired) electrons. The standard InChI is InChI=1S/C38H57N7O2S/c1-10-27-16-18-31-30(22-27)24-39-37(2,3)48-38(26-46,43(8)21-20-41(4)5)25-45-33-23-29(36(47)40-44(9)42(6)7)17-19-32(33)34(35(31)45)28-14-12-11-13-15-28/h16-19,22-23,26,28,39H,10-15,20-21,24-25H2,1-9H3,(H,40,47). The number of amides is 1. The quantitative estimate of drug-likeness (QED) is 0.202. The lowest BCUT2D eigenvalue weighted by Gasteiger charge is -2.44. The van der Waals surface area contributed by atoms with Crippen LogP contribution in [0.15, 0.2) is 36.4 Å². The number of hydrazine groups is 2. The third-order valence-corrected chi connectivity index (χ3v) is 11.9. The minimum absolute atomic E-state index is 0.166. The van der Waals surface area contributed by atoms with Gasteiger partial charge in [-0.15, -0.1) is 11.8 Å². The van der Waals surface area contributed by atoms with Crippen LogP contribution in [-0.2, 0) is 24.3 Å². The maximum absolute atomic E-state index is 13.7. The van der Waals surface area contributed by atoms with Crippen LogP contribution in [0.3, 0.4) is 0 Å². The average molecular weight is 676 g/mol. The molecule has 1 aliphatic heterocycles. The zero-order valence-corrected chi connectivity index (χ0v) is 31.5. The van der Waals surface area contributed by atoms with Gasteiger partial charge in [0.1, 0.15) is 4.87 Å². The molecule has 5 rings (SSSR count). The molecular formula is C38H57N7O2S. The third-order valence-electron chi connectivity index (χ3n) is 10.3. The maximum Gasteiger partial charge on any atom is 0.266 e. The summed E-state index contributed by atoms with van der Waals surface area (Å²) in [5.74, 6) is 0.244. The second-order valence-electron chi connectivity index (χ2n) is 14.7. The summed E-state index contributed by atoms with van der Waals surface area (Å²) in [6, 6.07) is 13.1. The van der Waals surface area contributed by atoms with Crippen molar-refractivity contribution >= 4 is 34.9 Å². The summed E-state index contributed by atoms with van der Waals surface area (Å²) in [4.78, 5) is 30.4. The number of thioether (sulfide) groups is 1. The number of carbonyl (C=O) groups is 2. The van der Waals surface area contributed by atoms with Gasteiger partial charge in [-0.05, 0) is 89.0 Å². The second kappa shape index (κ2) is 15.0. The molecule has 2 N–H and O–H groups in total. The van der Waals surface area contributed by atoms with Gasteiger partial charge in [0.25, 0.3) is 5.91 Å². The molecule has 2 aromatic carbocycles. The Balaban J connectivity index is 1.83. The zero-order chi connectivity index (χ0) is 34.8. The molecule has 1 fully saturated rings. The van der Waals surface area contributed by atoms with Crippen molar-refractivity contribution in [2.24, 2.45) is 0 Å². The van der Waals surface area contributed by atoms with Crippen LogP contribution in [0.4, 0.5) is 0 Å².